The second-order valence-corrected chi connectivity index (χ2v) is 6.58. The minimum Gasteiger partial charge on any atom is -0.391 e. The summed E-state index contributed by atoms with van der Waals surface area (Å²) in [5.74, 6) is 0.388. The van der Waals surface area contributed by atoms with Gasteiger partial charge >= 0.3 is 6.03 Å². The van der Waals surface area contributed by atoms with Gasteiger partial charge in [0.2, 0.25) is 0 Å². The number of nitrogens with one attached hydrogen (secondary N) is 2. The molecule has 1 saturated carbocycles. The molecular formula is C18H25N3O2. The van der Waals surface area contributed by atoms with E-state index in [4.69, 9.17) is 0 Å². The molecule has 3 N–H and O–H groups in total. The van der Waals surface area contributed by atoms with Crippen LogP contribution in [0.4, 0.5) is 4.79 Å². The molecule has 23 heavy (non-hydrogen) atoms. The first kappa shape index (κ1) is 15.9. The summed E-state index contributed by atoms with van der Waals surface area (Å²) in [6, 6.07) is 6.09. The lowest BCUT2D eigenvalue weighted by atomic mass is 10.1. The van der Waals surface area contributed by atoms with Gasteiger partial charge in [0.05, 0.1) is 6.10 Å². The van der Waals surface area contributed by atoms with E-state index in [0.717, 1.165) is 24.8 Å². The minimum atomic E-state index is -0.387. The monoisotopic (exact) mass is 315 g/mol. The SMILES string of the molecule is Cc1cccc2[nH]cc(CCNC(=O)N(C)CC(O)C3CC3)c12. The number of amides is 2. The first-order valence-corrected chi connectivity index (χ1v) is 8.29. The Labute approximate surface area is 136 Å². The number of aliphatic hydroxyl groups excluding tert-OH is 1. The second-order valence-electron chi connectivity index (χ2n) is 6.58. The molecule has 1 aliphatic carbocycles. The van der Waals surface area contributed by atoms with E-state index in [0.29, 0.717) is 19.0 Å². The van der Waals surface area contributed by atoms with E-state index in [1.54, 1.807) is 11.9 Å². The van der Waals surface area contributed by atoms with Crippen LogP contribution in [-0.4, -0.2) is 47.3 Å². The van der Waals surface area contributed by atoms with E-state index < -0.39 is 0 Å². The van der Waals surface area contributed by atoms with Gasteiger partial charge in [-0.25, -0.2) is 4.79 Å². The molecule has 1 aliphatic rings. The fourth-order valence-corrected chi connectivity index (χ4v) is 3.08. The highest BCUT2D eigenvalue weighted by Gasteiger charge is 2.31. The molecular weight excluding hydrogens is 290 g/mol. The summed E-state index contributed by atoms with van der Waals surface area (Å²) in [6.45, 7) is 3.10. The van der Waals surface area contributed by atoms with Crippen LogP contribution in [0.25, 0.3) is 10.9 Å². The molecule has 1 aromatic heterocycles. The number of carbonyl (C=O) groups excluding carboxylic acids is 1. The zero-order valence-corrected chi connectivity index (χ0v) is 13.8. The van der Waals surface area contributed by atoms with E-state index in [1.807, 2.05) is 12.3 Å². The standard InChI is InChI=1S/C18H25N3O2/c1-12-4-3-5-15-17(12)14(10-20-15)8-9-19-18(23)21(2)11-16(22)13-6-7-13/h3-5,10,13,16,20,22H,6-9,11H2,1-2H3,(H,19,23). The van der Waals surface area contributed by atoms with Crippen LogP contribution in [0.3, 0.4) is 0 Å². The van der Waals surface area contributed by atoms with Gasteiger partial charge in [-0.15, -0.1) is 0 Å². The highest BCUT2D eigenvalue weighted by Crippen LogP contribution is 2.32. The molecule has 1 unspecified atom stereocenters. The average Bonchev–Trinajstić information content (AvgIpc) is 3.29. The van der Waals surface area contributed by atoms with Crippen molar-refractivity contribution in [3.05, 3.63) is 35.5 Å². The van der Waals surface area contributed by atoms with Crippen molar-refractivity contribution in [2.75, 3.05) is 20.1 Å². The molecule has 124 valence electrons. The fraction of sp³-hybridized carbons (Fsp3) is 0.500. The Morgan fingerprint density at radius 3 is 3.00 bits per heavy atom. The third kappa shape index (κ3) is 3.67. The summed E-state index contributed by atoms with van der Waals surface area (Å²) >= 11 is 0. The molecule has 1 aromatic carbocycles. The maximum Gasteiger partial charge on any atom is 0.317 e. The van der Waals surface area contributed by atoms with Gasteiger partial charge in [-0.2, -0.15) is 0 Å². The lowest BCUT2D eigenvalue weighted by Gasteiger charge is -2.21. The zero-order chi connectivity index (χ0) is 16.4. The van der Waals surface area contributed by atoms with Crippen LogP contribution >= 0.6 is 0 Å². The number of rotatable bonds is 6. The molecule has 5 heteroatoms. The number of benzene rings is 1. The average molecular weight is 315 g/mol. The quantitative estimate of drug-likeness (QED) is 0.766. The highest BCUT2D eigenvalue weighted by atomic mass is 16.3. The number of H-pyrrole nitrogens is 1. The van der Waals surface area contributed by atoms with Crippen molar-refractivity contribution in [2.24, 2.45) is 5.92 Å². The first-order chi connectivity index (χ1) is 11.1. The van der Waals surface area contributed by atoms with Crippen molar-refractivity contribution in [3.8, 4) is 0 Å². The summed E-state index contributed by atoms with van der Waals surface area (Å²) in [6.07, 6.45) is 4.58. The molecule has 5 nitrogen and oxygen atoms in total. The lowest BCUT2D eigenvalue weighted by Crippen LogP contribution is -2.42. The Bertz CT molecular complexity index is 691. The van der Waals surface area contributed by atoms with Crippen LogP contribution in [0.1, 0.15) is 24.0 Å². The summed E-state index contributed by atoms with van der Waals surface area (Å²) in [5, 5.41) is 14.1. The number of fused-ring (bicyclic) bond motifs is 1. The third-order valence-corrected chi connectivity index (χ3v) is 4.64. The van der Waals surface area contributed by atoms with Crippen LogP contribution in [0, 0.1) is 12.8 Å². The van der Waals surface area contributed by atoms with E-state index in [1.165, 1.54) is 16.5 Å². The molecule has 2 aromatic rings. The largest absolute Gasteiger partial charge is 0.391 e. The molecule has 1 atom stereocenters. The molecule has 0 aliphatic heterocycles. The molecule has 1 fully saturated rings. The van der Waals surface area contributed by atoms with Gasteiger partial charge < -0.3 is 20.3 Å². The summed E-state index contributed by atoms with van der Waals surface area (Å²) in [4.78, 5) is 16.9. The summed E-state index contributed by atoms with van der Waals surface area (Å²) < 4.78 is 0. The Kier molecular flexibility index (Phi) is 4.57. The molecule has 3 rings (SSSR count). The van der Waals surface area contributed by atoms with Gasteiger partial charge in [0.1, 0.15) is 0 Å². The van der Waals surface area contributed by atoms with Crippen molar-refractivity contribution in [1.29, 1.82) is 0 Å². The number of aliphatic hydroxyl groups is 1. The number of aromatic nitrogens is 1. The van der Waals surface area contributed by atoms with Crippen LogP contribution < -0.4 is 5.32 Å². The normalized spacial score (nSPS) is 15.6. The number of nitrogens with zero attached hydrogens (tertiary/aromatic N) is 1. The topological polar surface area (TPSA) is 68.4 Å². The molecule has 0 bridgehead atoms. The van der Waals surface area contributed by atoms with Gasteiger partial charge in [-0.3, -0.25) is 0 Å². The lowest BCUT2D eigenvalue weighted by molar-refractivity contribution is 0.113. The molecule has 0 saturated heterocycles. The molecule has 0 spiro atoms. The summed E-state index contributed by atoms with van der Waals surface area (Å²) in [7, 11) is 1.73. The van der Waals surface area contributed by atoms with E-state index >= 15 is 0 Å². The van der Waals surface area contributed by atoms with Crippen molar-refractivity contribution >= 4 is 16.9 Å². The predicted molar refractivity (Wildman–Crippen MR) is 91.5 cm³/mol. The van der Waals surface area contributed by atoms with Crippen molar-refractivity contribution in [2.45, 2.75) is 32.3 Å². The number of urea groups is 1. The van der Waals surface area contributed by atoms with Crippen LogP contribution in [0.2, 0.25) is 0 Å². The van der Waals surface area contributed by atoms with Crippen molar-refractivity contribution in [1.82, 2.24) is 15.2 Å². The highest BCUT2D eigenvalue weighted by molar-refractivity contribution is 5.86. The Balaban J connectivity index is 1.51. The number of carbonyl (C=O) groups is 1. The smallest absolute Gasteiger partial charge is 0.317 e. The summed E-state index contributed by atoms with van der Waals surface area (Å²) in [5.41, 5.74) is 3.60. The molecule has 0 radical (unpaired) electrons. The van der Waals surface area contributed by atoms with Gasteiger partial charge in [-0.1, -0.05) is 12.1 Å². The van der Waals surface area contributed by atoms with Crippen LogP contribution in [-0.2, 0) is 6.42 Å². The van der Waals surface area contributed by atoms with Gasteiger partial charge in [0.15, 0.2) is 0 Å². The maximum atomic E-state index is 12.1. The van der Waals surface area contributed by atoms with Crippen molar-refractivity contribution < 1.29 is 9.90 Å². The van der Waals surface area contributed by atoms with E-state index in [-0.39, 0.29) is 12.1 Å². The number of likely N-dealkylation sites (N-methyl/N-ethyl adjacent to an activating group) is 1. The van der Waals surface area contributed by atoms with Gasteiger partial charge in [-0.05, 0) is 49.3 Å². The Hall–Kier alpha value is -2.01. The second kappa shape index (κ2) is 6.62. The number of hydrogen-bond acceptors (Lipinski definition) is 2. The molecule has 2 amide bonds. The number of aryl methyl sites for hydroxylation is 1. The number of hydrogen-bond donors (Lipinski definition) is 3. The Morgan fingerprint density at radius 1 is 1.48 bits per heavy atom. The van der Waals surface area contributed by atoms with Gasteiger partial charge in [0, 0.05) is 37.2 Å². The zero-order valence-electron chi connectivity index (χ0n) is 13.8. The first-order valence-electron chi connectivity index (χ1n) is 8.29. The van der Waals surface area contributed by atoms with E-state index in [9.17, 15) is 9.90 Å². The fourth-order valence-electron chi connectivity index (χ4n) is 3.08. The van der Waals surface area contributed by atoms with Crippen LogP contribution in [0.15, 0.2) is 24.4 Å². The maximum absolute atomic E-state index is 12.1. The Morgan fingerprint density at radius 2 is 2.26 bits per heavy atom. The third-order valence-electron chi connectivity index (χ3n) is 4.64. The minimum absolute atomic E-state index is 0.124. The predicted octanol–water partition coefficient (Wildman–Crippen LogP) is 2.43. The van der Waals surface area contributed by atoms with Crippen molar-refractivity contribution in [3.63, 3.8) is 0 Å². The van der Waals surface area contributed by atoms with Crippen LogP contribution in [0.5, 0.6) is 0 Å². The van der Waals surface area contributed by atoms with E-state index in [2.05, 4.69) is 29.4 Å². The van der Waals surface area contributed by atoms with Gasteiger partial charge in [0.25, 0.3) is 0 Å². The molecule has 1 heterocycles. The number of aromatic amines is 1.